The minimum atomic E-state index is -3.35. The van der Waals surface area contributed by atoms with E-state index in [0.29, 0.717) is 6.42 Å². The lowest BCUT2D eigenvalue weighted by molar-refractivity contribution is -0.115. The zero-order valence-corrected chi connectivity index (χ0v) is 12.1. The van der Waals surface area contributed by atoms with Gasteiger partial charge in [0.15, 0.2) is 0 Å². The van der Waals surface area contributed by atoms with Crippen LogP contribution >= 0.6 is 0 Å². The number of carbonyl (C=O) groups excluding carboxylic acids is 1. The van der Waals surface area contributed by atoms with E-state index in [1.807, 2.05) is 25.1 Å². The number of hydrogen-bond donors (Lipinski definition) is 2. The Balaban J connectivity index is 2.56. The summed E-state index contributed by atoms with van der Waals surface area (Å²) in [5.74, 6) is -0.327. The Labute approximate surface area is 114 Å². The fourth-order valence-electron chi connectivity index (χ4n) is 1.66. The first-order valence-electron chi connectivity index (χ1n) is 6.33. The van der Waals surface area contributed by atoms with Crippen LogP contribution in [0.1, 0.15) is 25.8 Å². The van der Waals surface area contributed by atoms with E-state index in [2.05, 4.69) is 10.0 Å². The van der Waals surface area contributed by atoms with Crippen molar-refractivity contribution in [2.24, 2.45) is 0 Å². The summed E-state index contributed by atoms with van der Waals surface area (Å²) in [6, 6.07) is 7.46. The quantitative estimate of drug-likeness (QED) is 0.797. The van der Waals surface area contributed by atoms with Crippen molar-refractivity contribution in [3.05, 3.63) is 29.8 Å². The number of sulfonamides is 1. The molecule has 1 rings (SSSR count). The lowest BCUT2D eigenvalue weighted by atomic mass is 10.1. The first kappa shape index (κ1) is 15.7. The number of anilines is 1. The third-order valence-corrected chi connectivity index (χ3v) is 4.13. The molecule has 5 nitrogen and oxygen atoms in total. The number of nitrogens with one attached hydrogen (secondary N) is 2. The maximum atomic E-state index is 11.7. The van der Waals surface area contributed by atoms with Crippen LogP contribution in [0.2, 0.25) is 0 Å². The zero-order valence-electron chi connectivity index (χ0n) is 11.3. The molecule has 0 bridgehead atoms. The normalized spacial score (nSPS) is 11.3. The maximum Gasteiger partial charge on any atom is 0.239 e. The summed E-state index contributed by atoms with van der Waals surface area (Å²) in [7, 11) is -3.35. The van der Waals surface area contributed by atoms with Crippen molar-refractivity contribution in [2.45, 2.75) is 26.7 Å². The molecule has 0 aliphatic rings. The van der Waals surface area contributed by atoms with Crippen molar-refractivity contribution in [2.75, 3.05) is 17.6 Å². The number of aryl methyl sites for hydroxylation is 1. The van der Waals surface area contributed by atoms with Crippen molar-refractivity contribution in [3.8, 4) is 0 Å². The lowest BCUT2D eigenvalue weighted by Gasteiger charge is -2.10. The fraction of sp³-hybridized carbons (Fsp3) is 0.462. The molecule has 0 aliphatic carbocycles. The van der Waals surface area contributed by atoms with Gasteiger partial charge in [0.05, 0.1) is 12.3 Å². The fourth-order valence-corrected chi connectivity index (χ4v) is 2.69. The summed E-state index contributed by atoms with van der Waals surface area (Å²) in [6.07, 6.45) is 1.33. The highest BCUT2D eigenvalue weighted by atomic mass is 32.2. The van der Waals surface area contributed by atoms with Gasteiger partial charge in [-0.3, -0.25) is 4.79 Å². The molecule has 0 aliphatic heterocycles. The first-order chi connectivity index (χ1) is 8.98. The SMILES string of the molecule is CCCS(=O)(=O)NCC(=O)Nc1ccccc1CC. The van der Waals surface area contributed by atoms with Crippen molar-refractivity contribution in [3.63, 3.8) is 0 Å². The molecular weight excluding hydrogens is 264 g/mol. The second-order valence-corrected chi connectivity index (χ2v) is 6.13. The van der Waals surface area contributed by atoms with E-state index in [9.17, 15) is 13.2 Å². The standard InChI is InChI=1S/C13H20N2O3S/c1-3-9-19(17,18)14-10-13(16)15-12-8-6-5-7-11(12)4-2/h5-8,14H,3-4,9-10H2,1-2H3,(H,15,16). The van der Waals surface area contributed by atoms with Gasteiger partial charge in [-0.25, -0.2) is 13.1 Å². The monoisotopic (exact) mass is 284 g/mol. The highest BCUT2D eigenvalue weighted by molar-refractivity contribution is 7.89. The summed E-state index contributed by atoms with van der Waals surface area (Å²) in [4.78, 5) is 11.7. The second kappa shape index (κ2) is 7.25. The lowest BCUT2D eigenvalue weighted by Crippen LogP contribution is -2.34. The molecule has 106 valence electrons. The topological polar surface area (TPSA) is 75.3 Å². The largest absolute Gasteiger partial charge is 0.325 e. The van der Waals surface area contributed by atoms with Gasteiger partial charge in [0.2, 0.25) is 15.9 Å². The summed E-state index contributed by atoms with van der Waals surface area (Å²) < 4.78 is 25.1. The average Bonchev–Trinajstić information content (AvgIpc) is 2.37. The number of benzene rings is 1. The van der Waals surface area contributed by atoms with Crippen LogP contribution in [-0.4, -0.2) is 26.6 Å². The maximum absolute atomic E-state index is 11.7. The average molecular weight is 284 g/mol. The van der Waals surface area contributed by atoms with Crippen LogP contribution in [0.3, 0.4) is 0 Å². The van der Waals surface area contributed by atoms with Crippen LogP contribution in [0.15, 0.2) is 24.3 Å². The van der Waals surface area contributed by atoms with E-state index in [1.165, 1.54) is 0 Å². The molecule has 0 aromatic heterocycles. The molecule has 0 atom stereocenters. The molecule has 19 heavy (non-hydrogen) atoms. The van der Waals surface area contributed by atoms with Gasteiger partial charge in [-0.2, -0.15) is 0 Å². The molecular formula is C13H20N2O3S. The van der Waals surface area contributed by atoms with Crippen molar-refractivity contribution < 1.29 is 13.2 Å². The molecule has 1 amide bonds. The number of hydrogen-bond acceptors (Lipinski definition) is 3. The summed E-state index contributed by atoms with van der Waals surface area (Å²) in [5, 5.41) is 2.71. The predicted octanol–water partition coefficient (Wildman–Crippen LogP) is 1.52. The van der Waals surface area contributed by atoms with Gasteiger partial charge in [0, 0.05) is 5.69 Å². The Morgan fingerprint density at radius 1 is 1.21 bits per heavy atom. The number of carbonyl (C=O) groups is 1. The summed E-state index contributed by atoms with van der Waals surface area (Å²) in [6.45, 7) is 3.53. The van der Waals surface area contributed by atoms with Crippen LogP contribution in [0.25, 0.3) is 0 Å². The van der Waals surface area contributed by atoms with Gasteiger partial charge in [-0.1, -0.05) is 32.0 Å². The minimum Gasteiger partial charge on any atom is -0.325 e. The van der Waals surface area contributed by atoms with Crippen LogP contribution < -0.4 is 10.0 Å². The number of rotatable bonds is 7. The molecule has 0 saturated carbocycles. The van der Waals surface area contributed by atoms with Gasteiger partial charge < -0.3 is 5.32 Å². The summed E-state index contributed by atoms with van der Waals surface area (Å²) in [5.41, 5.74) is 1.75. The van der Waals surface area contributed by atoms with E-state index >= 15 is 0 Å². The molecule has 0 unspecified atom stereocenters. The molecule has 2 N–H and O–H groups in total. The second-order valence-electron chi connectivity index (χ2n) is 4.20. The van der Waals surface area contributed by atoms with E-state index in [0.717, 1.165) is 17.7 Å². The first-order valence-corrected chi connectivity index (χ1v) is 7.98. The molecule has 0 heterocycles. The van der Waals surface area contributed by atoms with Crippen molar-refractivity contribution in [1.29, 1.82) is 0 Å². The third kappa shape index (κ3) is 5.40. The number of amides is 1. The Hall–Kier alpha value is -1.40. The van der Waals surface area contributed by atoms with E-state index in [-0.39, 0.29) is 18.2 Å². The van der Waals surface area contributed by atoms with Crippen LogP contribution in [0.4, 0.5) is 5.69 Å². The van der Waals surface area contributed by atoms with E-state index in [1.54, 1.807) is 13.0 Å². The Morgan fingerprint density at radius 3 is 2.53 bits per heavy atom. The van der Waals surface area contributed by atoms with E-state index in [4.69, 9.17) is 0 Å². The van der Waals surface area contributed by atoms with Crippen LogP contribution in [0, 0.1) is 0 Å². The minimum absolute atomic E-state index is 0.0336. The highest BCUT2D eigenvalue weighted by Crippen LogP contribution is 2.14. The van der Waals surface area contributed by atoms with Gasteiger partial charge >= 0.3 is 0 Å². The van der Waals surface area contributed by atoms with Crippen molar-refractivity contribution in [1.82, 2.24) is 4.72 Å². The van der Waals surface area contributed by atoms with Crippen LogP contribution in [0.5, 0.6) is 0 Å². The van der Waals surface area contributed by atoms with Crippen LogP contribution in [-0.2, 0) is 21.2 Å². The molecule has 1 aromatic rings. The molecule has 1 aromatic carbocycles. The summed E-state index contributed by atoms with van der Waals surface area (Å²) >= 11 is 0. The van der Waals surface area contributed by atoms with Crippen molar-refractivity contribution >= 4 is 21.6 Å². The zero-order chi connectivity index (χ0) is 14.3. The Morgan fingerprint density at radius 2 is 1.89 bits per heavy atom. The number of para-hydroxylation sites is 1. The molecule has 0 fully saturated rings. The molecule has 0 radical (unpaired) electrons. The third-order valence-electron chi connectivity index (χ3n) is 2.60. The van der Waals surface area contributed by atoms with Gasteiger partial charge in [-0.05, 0) is 24.5 Å². The Kier molecular flexibility index (Phi) is 5.98. The molecule has 0 spiro atoms. The van der Waals surface area contributed by atoms with Gasteiger partial charge in [0.25, 0.3) is 0 Å². The van der Waals surface area contributed by atoms with Gasteiger partial charge in [-0.15, -0.1) is 0 Å². The van der Waals surface area contributed by atoms with E-state index < -0.39 is 10.0 Å². The smallest absolute Gasteiger partial charge is 0.239 e. The molecule has 0 saturated heterocycles. The highest BCUT2D eigenvalue weighted by Gasteiger charge is 2.11. The van der Waals surface area contributed by atoms with Gasteiger partial charge in [0.1, 0.15) is 0 Å². The Bertz CT molecular complexity index is 526. The molecule has 6 heteroatoms. The predicted molar refractivity (Wildman–Crippen MR) is 76.5 cm³/mol.